The van der Waals surface area contributed by atoms with Crippen molar-refractivity contribution in [2.24, 2.45) is 22.7 Å². The van der Waals surface area contributed by atoms with E-state index in [4.69, 9.17) is 5.11 Å². The number of aliphatic carboxylic acids is 1. The standard InChI is InChI=1S/C14H26O2/c1-10(2)14(13(3,4)5)8-6-11(7-9-14)12(15)16/h10-11H,6-9H2,1-5H3,(H,15,16). The Labute approximate surface area is 99.4 Å². The van der Waals surface area contributed by atoms with Crippen LogP contribution in [0.1, 0.15) is 60.3 Å². The van der Waals surface area contributed by atoms with Crippen molar-refractivity contribution in [3.05, 3.63) is 0 Å². The topological polar surface area (TPSA) is 37.3 Å². The molecule has 0 aromatic carbocycles. The van der Waals surface area contributed by atoms with Crippen molar-refractivity contribution in [2.45, 2.75) is 60.3 Å². The highest BCUT2D eigenvalue weighted by molar-refractivity contribution is 5.70. The molecule has 1 rings (SSSR count). The lowest BCUT2D eigenvalue weighted by Gasteiger charge is -2.52. The number of hydrogen-bond donors (Lipinski definition) is 1. The molecule has 2 heteroatoms. The van der Waals surface area contributed by atoms with E-state index in [-0.39, 0.29) is 11.3 Å². The fraction of sp³-hybridized carbons (Fsp3) is 0.929. The van der Waals surface area contributed by atoms with E-state index in [2.05, 4.69) is 34.6 Å². The van der Waals surface area contributed by atoms with Gasteiger partial charge < -0.3 is 5.11 Å². The van der Waals surface area contributed by atoms with Gasteiger partial charge in [0.05, 0.1) is 5.92 Å². The van der Waals surface area contributed by atoms with Crippen LogP contribution in [0.25, 0.3) is 0 Å². The molecule has 2 nitrogen and oxygen atoms in total. The van der Waals surface area contributed by atoms with Gasteiger partial charge in [-0.2, -0.15) is 0 Å². The highest BCUT2D eigenvalue weighted by Crippen LogP contribution is 2.55. The van der Waals surface area contributed by atoms with Crippen LogP contribution < -0.4 is 0 Å². The van der Waals surface area contributed by atoms with Crippen LogP contribution in [0.15, 0.2) is 0 Å². The molecule has 0 saturated heterocycles. The molecule has 0 aromatic heterocycles. The van der Waals surface area contributed by atoms with Crippen molar-refractivity contribution < 1.29 is 9.90 Å². The molecule has 0 heterocycles. The summed E-state index contributed by atoms with van der Waals surface area (Å²) in [4.78, 5) is 11.0. The zero-order chi connectivity index (χ0) is 12.6. The largest absolute Gasteiger partial charge is 0.481 e. The molecule has 0 aliphatic heterocycles. The van der Waals surface area contributed by atoms with E-state index in [0.29, 0.717) is 11.3 Å². The summed E-state index contributed by atoms with van der Waals surface area (Å²) in [6.45, 7) is 11.5. The van der Waals surface area contributed by atoms with Crippen LogP contribution in [0.5, 0.6) is 0 Å². The second-order valence-corrected chi connectivity index (χ2v) is 6.67. The fourth-order valence-electron chi connectivity index (χ4n) is 3.57. The summed E-state index contributed by atoms with van der Waals surface area (Å²) in [7, 11) is 0. The predicted molar refractivity (Wildman–Crippen MR) is 66.3 cm³/mol. The molecule has 0 aromatic rings. The van der Waals surface area contributed by atoms with Crippen LogP contribution in [0.3, 0.4) is 0 Å². The molecule has 0 unspecified atom stereocenters. The molecule has 94 valence electrons. The lowest BCUT2D eigenvalue weighted by molar-refractivity contribution is -0.145. The van der Waals surface area contributed by atoms with Gasteiger partial charge in [0.15, 0.2) is 0 Å². The van der Waals surface area contributed by atoms with Gasteiger partial charge >= 0.3 is 5.97 Å². The molecule has 1 aliphatic carbocycles. The Morgan fingerprint density at radius 3 is 1.94 bits per heavy atom. The fourth-order valence-corrected chi connectivity index (χ4v) is 3.57. The van der Waals surface area contributed by atoms with E-state index in [1.165, 1.54) is 0 Å². The highest BCUT2D eigenvalue weighted by Gasteiger charge is 2.47. The summed E-state index contributed by atoms with van der Waals surface area (Å²) in [5.41, 5.74) is 0.587. The summed E-state index contributed by atoms with van der Waals surface area (Å²) in [5.74, 6) is -0.0808. The number of carboxylic acid groups (broad SMARTS) is 1. The third-order valence-electron chi connectivity index (χ3n) is 4.83. The van der Waals surface area contributed by atoms with Crippen LogP contribution in [0.2, 0.25) is 0 Å². The smallest absolute Gasteiger partial charge is 0.306 e. The predicted octanol–water partition coefficient (Wildman–Crippen LogP) is 3.95. The maximum absolute atomic E-state index is 11.0. The van der Waals surface area contributed by atoms with Crippen molar-refractivity contribution in [1.29, 1.82) is 0 Å². The molecule has 16 heavy (non-hydrogen) atoms. The zero-order valence-electron chi connectivity index (χ0n) is 11.3. The van der Waals surface area contributed by atoms with Crippen LogP contribution in [0.4, 0.5) is 0 Å². The first-order valence-electron chi connectivity index (χ1n) is 6.43. The maximum Gasteiger partial charge on any atom is 0.306 e. The second-order valence-electron chi connectivity index (χ2n) is 6.67. The highest BCUT2D eigenvalue weighted by atomic mass is 16.4. The molecular weight excluding hydrogens is 200 g/mol. The molecule has 1 N–H and O–H groups in total. The molecule has 1 saturated carbocycles. The van der Waals surface area contributed by atoms with Crippen LogP contribution in [0, 0.1) is 22.7 Å². The van der Waals surface area contributed by atoms with Crippen LogP contribution in [-0.4, -0.2) is 11.1 Å². The van der Waals surface area contributed by atoms with E-state index in [1.807, 2.05) is 0 Å². The Morgan fingerprint density at radius 1 is 1.25 bits per heavy atom. The molecule has 0 amide bonds. The normalized spacial score (nSPS) is 31.8. The van der Waals surface area contributed by atoms with Crippen molar-refractivity contribution in [1.82, 2.24) is 0 Å². The van der Waals surface area contributed by atoms with E-state index in [0.717, 1.165) is 25.7 Å². The average molecular weight is 226 g/mol. The van der Waals surface area contributed by atoms with E-state index in [9.17, 15) is 4.79 Å². The number of carboxylic acids is 1. The Hall–Kier alpha value is -0.530. The SMILES string of the molecule is CC(C)C1(C(C)(C)C)CCC(C(=O)O)CC1. The molecule has 0 radical (unpaired) electrons. The van der Waals surface area contributed by atoms with Crippen LogP contribution >= 0.6 is 0 Å². The monoisotopic (exact) mass is 226 g/mol. The summed E-state index contributed by atoms with van der Waals surface area (Å²) in [5, 5.41) is 9.05. The van der Waals surface area contributed by atoms with Gasteiger partial charge in [-0.3, -0.25) is 4.79 Å². The minimum Gasteiger partial charge on any atom is -0.481 e. The summed E-state index contributed by atoms with van der Waals surface area (Å²) in [6.07, 6.45) is 3.83. The number of rotatable bonds is 2. The zero-order valence-corrected chi connectivity index (χ0v) is 11.3. The van der Waals surface area contributed by atoms with Crippen LogP contribution in [-0.2, 0) is 4.79 Å². The number of carbonyl (C=O) groups is 1. The molecule has 0 spiro atoms. The van der Waals surface area contributed by atoms with E-state index in [1.54, 1.807) is 0 Å². The first-order valence-corrected chi connectivity index (χ1v) is 6.43. The van der Waals surface area contributed by atoms with Gasteiger partial charge in [-0.1, -0.05) is 34.6 Å². The van der Waals surface area contributed by atoms with Gasteiger partial charge in [-0.25, -0.2) is 0 Å². The average Bonchev–Trinajstić information content (AvgIpc) is 2.15. The Bertz CT molecular complexity index is 252. The molecule has 0 atom stereocenters. The van der Waals surface area contributed by atoms with E-state index < -0.39 is 5.97 Å². The Balaban J connectivity index is 2.83. The van der Waals surface area contributed by atoms with Gasteiger partial charge in [-0.05, 0) is 42.4 Å². The first-order chi connectivity index (χ1) is 7.21. The van der Waals surface area contributed by atoms with Gasteiger partial charge in [-0.15, -0.1) is 0 Å². The molecule has 1 fully saturated rings. The van der Waals surface area contributed by atoms with Crippen molar-refractivity contribution in [3.8, 4) is 0 Å². The Kier molecular flexibility index (Phi) is 3.71. The van der Waals surface area contributed by atoms with Crippen molar-refractivity contribution in [2.75, 3.05) is 0 Å². The summed E-state index contributed by atoms with van der Waals surface area (Å²) in [6, 6.07) is 0. The summed E-state index contributed by atoms with van der Waals surface area (Å²) >= 11 is 0. The van der Waals surface area contributed by atoms with Gasteiger partial charge in [0.2, 0.25) is 0 Å². The second kappa shape index (κ2) is 4.38. The maximum atomic E-state index is 11.0. The third-order valence-corrected chi connectivity index (χ3v) is 4.83. The van der Waals surface area contributed by atoms with Gasteiger partial charge in [0.1, 0.15) is 0 Å². The van der Waals surface area contributed by atoms with Gasteiger partial charge in [0.25, 0.3) is 0 Å². The molecular formula is C14H26O2. The number of hydrogen-bond acceptors (Lipinski definition) is 1. The first kappa shape index (κ1) is 13.5. The minimum atomic E-state index is -0.605. The van der Waals surface area contributed by atoms with Crippen molar-refractivity contribution in [3.63, 3.8) is 0 Å². The Morgan fingerprint density at radius 2 is 1.69 bits per heavy atom. The van der Waals surface area contributed by atoms with E-state index >= 15 is 0 Å². The molecule has 1 aliphatic rings. The third kappa shape index (κ3) is 2.26. The quantitative estimate of drug-likeness (QED) is 0.774. The lowest BCUT2D eigenvalue weighted by atomic mass is 9.53. The van der Waals surface area contributed by atoms with Crippen molar-refractivity contribution >= 4 is 5.97 Å². The summed E-state index contributed by atoms with van der Waals surface area (Å²) < 4.78 is 0. The molecule has 0 bridgehead atoms. The lowest BCUT2D eigenvalue weighted by Crippen LogP contribution is -2.44. The minimum absolute atomic E-state index is 0.103. The van der Waals surface area contributed by atoms with Gasteiger partial charge in [0, 0.05) is 0 Å².